The van der Waals surface area contributed by atoms with Crippen molar-refractivity contribution >= 4 is 0 Å². The molecule has 0 unspecified atom stereocenters. The van der Waals surface area contributed by atoms with Crippen LogP contribution in [-0.4, -0.2) is 47.6 Å². The second-order valence-corrected chi connectivity index (χ2v) is 7.48. The van der Waals surface area contributed by atoms with Gasteiger partial charge in [-0.15, -0.1) is 0 Å². The number of rotatable bonds is 4. The molecule has 138 valence electrons. The van der Waals surface area contributed by atoms with Crippen molar-refractivity contribution in [3.63, 3.8) is 0 Å². The third kappa shape index (κ3) is 3.08. The highest BCUT2D eigenvalue weighted by Gasteiger charge is 2.58. The van der Waals surface area contributed by atoms with Gasteiger partial charge in [-0.2, -0.15) is 0 Å². The van der Waals surface area contributed by atoms with Crippen LogP contribution < -0.4 is 0 Å². The maximum absolute atomic E-state index is 6.38. The summed E-state index contributed by atoms with van der Waals surface area (Å²) < 4.78 is 12.8. The van der Waals surface area contributed by atoms with Crippen LogP contribution in [0.4, 0.5) is 0 Å². The van der Waals surface area contributed by atoms with E-state index < -0.39 is 11.4 Å². The molecule has 4 nitrogen and oxygen atoms in total. The van der Waals surface area contributed by atoms with Crippen molar-refractivity contribution in [1.29, 1.82) is 0 Å². The molecule has 2 saturated heterocycles. The van der Waals surface area contributed by atoms with E-state index in [1.165, 1.54) is 11.1 Å². The van der Waals surface area contributed by atoms with Gasteiger partial charge in [-0.3, -0.25) is 9.80 Å². The first-order valence-corrected chi connectivity index (χ1v) is 9.48. The van der Waals surface area contributed by atoms with E-state index in [0.717, 1.165) is 26.2 Å². The average Bonchev–Trinajstić information content (AvgIpc) is 2.66. The second kappa shape index (κ2) is 7.12. The molecule has 0 bridgehead atoms. The minimum Gasteiger partial charge on any atom is -0.355 e. The number of nitrogens with zero attached hydrogens (tertiary/aromatic N) is 2. The minimum atomic E-state index is -0.478. The van der Waals surface area contributed by atoms with Gasteiger partial charge in [-0.1, -0.05) is 60.7 Å². The molecular formula is C22H28N2O2. The zero-order valence-electron chi connectivity index (χ0n) is 15.7. The standard InChI is InChI=1S/C22H28N2O2/c1-21-22(2,24(14-15-25-21)18-20-11-7-4-8-12-20)26-16-13-23(21)17-19-9-5-3-6-10-19/h3-12H,13-18H2,1-2H3/t21-,22-/m1/s1. The Morgan fingerprint density at radius 3 is 1.46 bits per heavy atom. The molecule has 4 rings (SSSR count). The Balaban J connectivity index is 1.60. The maximum Gasteiger partial charge on any atom is 0.162 e. The van der Waals surface area contributed by atoms with Gasteiger partial charge in [0.1, 0.15) is 0 Å². The summed E-state index contributed by atoms with van der Waals surface area (Å²) in [7, 11) is 0. The molecule has 26 heavy (non-hydrogen) atoms. The zero-order chi connectivity index (χ0) is 18.0. The van der Waals surface area contributed by atoms with Crippen molar-refractivity contribution in [3.05, 3.63) is 71.8 Å². The number of benzene rings is 2. The smallest absolute Gasteiger partial charge is 0.162 e. The molecule has 2 aliphatic heterocycles. The van der Waals surface area contributed by atoms with Crippen molar-refractivity contribution in [3.8, 4) is 0 Å². The van der Waals surface area contributed by atoms with Crippen LogP contribution in [0.1, 0.15) is 25.0 Å². The van der Waals surface area contributed by atoms with E-state index in [4.69, 9.17) is 9.47 Å². The van der Waals surface area contributed by atoms with Gasteiger partial charge in [0.25, 0.3) is 0 Å². The number of morpholine rings is 2. The highest BCUT2D eigenvalue weighted by Crippen LogP contribution is 2.42. The van der Waals surface area contributed by atoms with E-state index in [0.29, 0.717) is 13.2 Å². The lowest BCUT2D eigenvalue weighted by Gasteiger charge is -2.61. The van der Waals surface area contributed by atoms with Gasteiger partial charge >= 0.3 is 0 Å². The van der Waals surface area contributed by atoms with Crippen molar-refractivity contribution in [2.24, 2.45) is 0 Å². The fourth-order valence-electron chi connectivity index (χ4n) is 4.24. The molecule has 2 atom stereocenters. The SMILES string of the molecule is C[C@@]12OCCN(Cc3ccccc3)[C@]1(C)OCCN2Cc1ccccc1. The topological polar surface area (TPSA) is 24.9 Å². The van der Waals surface area contributed by atoms with Crippen LogP contribution in [0.3, 0.4) is 0 Å². The third-order valence-electron chi connectivity index (χ3n) is 5.99. The summed E-state index contributed by atoms with van der Waals surface area (Å²) in [6.45, 7) is 9.30. The van der Waals surface area contributed by atoms with Crippen LogP contribution in [0.5, 0.6) is 0 Å². The fraction of sp³-hybridized carbons (Fsp3) is 0.455. The third-order valence-corrected chi connectivity index (χ3v) is 5.99. The van der Waals surface area contributed by atoms with Gasteiger partial charge in [0.05, 0.1) is 13.2 Å². The van der Waals surface area contributed by atoms with Crippen LogP contribution in [-0.2, 0) is 22.6 Å². The van der Waals surface area contributed by atoms with Gasteiger partial charge in [0.15, 0.2) is 11.4 Å². The summed E-state index contributed by atoms with van der Waals surface area (Å²) in [6, 6.07) is 21.2. The first-order chi connectivity index (χ1) is 12.6. The molecule has 2 aromatic rings. The van der Waals surface area contributed by atoms with Gasteiger partial charge < -0.3 is 9.47 Å². The van der Waals surface area contributed by atoms with Gasteiger partial charge in [-0.05, 0) is 25.0 Å². The Labute approximate surface area is 156 Å². The quantitative estimate of drug-likeness (QED) is 0.841. The van der Waals surface area contributed by atoms with Crippen LogP contribution in [0.2, 0.25) is 0 Å². The second-order valence-electron chi connectivity index (χ2n) is 7.48. The van der Waals surface area contributed by atoms with E-state index in [1.54, 1.807) is 0 Å². The summed E-state index contributed by atoms with van der Waals surface area (Å²) in [6.07, 6.45) is 0. The number of hydrogen-bond donors (Lipinski definition) is 0. The summed E-state index contributed by atoms with van der Waals surface area (Å²) in [5.74, 6) is 0. The monoisotopic (exact) mass is 352 g/mol. The van der Waals surface area contributed by atoms with Crippen LogP contribution in [0.25, 0.3) is 0 Å². The Bertz CT molecular complexity index is 660. The van der Waals surface area contributed by atoms with Gasteiger partial charge in [-0.25, -0.2) is 0 Å². The Morgan fingerprint density at radius 2 is 1.08 bits per heavy atom. The molecule has 0 saturated carbocycles. The molecule has 2 fully saturated rings. The molecule has 2 aliphatic rings. The minimum absolute atomic E-state index is 0.478. The first-order valence-electron chi connectivity index (χ1n) is 9.48. The average molecular weight is 352 g/mol. The summed E-state index contributed by atoms with van der Waals surface area (Å²) >= 11 is 0. The molecule has 0 spiro atoms. The lowest BCUT2D eigenvalue weighted by Crippen LogP contribution is -2.76. The van der Waals surface area contributed by atoms with Crippen molar-refractivity contribution in [2.45, 2.75) is 38.4 Å². The molecule has 0 amide bonds. The number of hydrogen-bond acceptors (Lipinski definition) is 4. The normalized spacial score (nSPS) is 30.1. The predicted molar refractivity (Wildman–Crippen MR) is 102 cm³/mol. The Hall–Kier alpha value is -1.72. The molecule has 4 heteroatoms. The van der Waals surface area contributed by atoms with Gasteiger partial charge in [0, 0.05) is 26.2 Å². The lowest BCUT2D eigenvalue weighted by molar-refractivity contribution is -0.368. The van der Waals surface area contributed by atoms with Gasteiger partial charge in [0.2, 0.25) is 0 Å². The summed E-state index contributed by atoms with van der Waals surface area (Å²) in [4.78, 5) is 4.87. The summed E-state index contributed by atoms with van der Waals surface area (Å²) in [5.41, 5.74) is 1.66. The molecule has 0 N–H and O–H groups in total. The number of ether oxygens (including phenoxy) is 2. The van der Waals surface area contributed by atoms with Crippen LogP contribution in [0.15, 0.2) is 60.7 Å². The molecule has 0 aromatic heterocycles. The molecule has 2 aromatic carbocycles. The Morgan fingerprint density at radius 1 is 0.692 bits per heavy atom. The van der Waals surface area contributed by atoms with Crippen molar-refractivity contribution in [2.75, 3.05) is 26.3 Å². The van der Waals surface area contributed by atoms with Crippen LogP contribution in [0, 0.1) is 0 Å². The first kappa shape index (κ1) is 17.7. The Kier molecular flexibility index (Phi) is 4.84. The van der Waals surface area contributed by atoms with E-state index in [-0.39, 0.29) is 0 Å². The van der Waals surface area contributed by atoms with E-state index >= 15 is 0 Å². The van der Waals surface area contributed by atoms with Crippen LogP contribution >= 0.6 is 0 Å². The fourth-order valence-corrected chi connectivity index (χ4v) is 4.24. The molecular weight excluding hydrogens is 324 g/mol. The molecule has 2 heterocycles. The van der Waals surface area contributed by atoms with E-state index in [2.05, 4.69) is 84.3 Å². The lowest BCUT2D eigenvalue weighted by atomic mass is 9.93. The highest BCUT2D eigenvalue weighted by atomic mass is 16.6. The largest absolute Gasteiger partial charge is 0.355 e. The predicted octanol–water partition coefficient (Wildman–Crippen LogP) is 3.48. The number of fused-ring (bicyclic) bond motifs is 1. The highest BCUT2D eigenvalue weighted by molar-refractivity contribution is 5.17. The van der Waals surface area contributed by atoms with E-state index in [9.17, 15) is 0 Å². The summed E-state index contributed by atoms with van der Waals surface area (Å²) in [5, 5.41) is 0. The molecule has 0 radical (unpaired) electrons. The molecule has 0 aliphatic carbocycles. The van der Waals surface area contributed by atoms with Crippen molar-refractivity contribution in [1.82, 2.24) is 9.80 Å². The maximum atomic E-state index is 6.38. The van der Waals surface area contributed by atoms with E-state index in [1.807, 2.05) is 0 Å². The van der Waals surface area contributed by atoms with Crippen molar-refractivity contribution < 1.29 is 9.47 Å². The zero-order valence-corrected chi connectivity index (χ0v) is 15.7.